The summed E-state index contributed by atoms with van der Waals surface area (Å²) >= 11 is 18.4. The Kier molecular flexibility index (Phi) is 11.4. The van der Waals surface area contributed by atoms with Gasteiger partial charge in [0.05, 0.1) is 17.0 Å². The summed E-state index contributed by atoms with van der Waals surface area (Å²) < 4.78 is 40.3. The van der Waals surface area contributed by atoms with E-state index in [-0.39, 0.29) is 34.6 Å². The Morgan fingerprint density at radius 1 is 0.951 bits per heavy atom. The molecule has 0 radical (unpaired) electrons. The summed E-state index contributed by atoms with van der Waals surface area (Å²) in [4.78, 5) is 29.0. The van der Waals surface area contributed by atoms with Gasteiger partial charge in [0, 0.05) is 29.6 Å². The first kappa shape index (κ1) is 32.7. The van der Waals surface area contributed by atoms with Crippen LogP contribution in [0.4, 0.5) is 10.1 Å². The van der Waals surface area contributed by atoms with Crippen LogP contribution in [-0.4, -0.2) is 50.5 Å². The van der Waals surface area contributed by atoms with Crippen LogP contribution < -0.4 is 9.62 Å². The first-order chi connectivity index (χ1) is 19.3. The highest BCUT2D eigenvalue weighted by molar-refractivity contribution is 7.92. The van der Waals surface area contributed by atoms with Gasteiger partial charge in [-0.15, -0.1) is 0 Å². The molecule has 0 spiro atoms. The maximum absolute atomic E-state index is 14.0. The van der Waals surface area contributed by atoms with Gasteiger partial charge in [-0.3, -0.25) is 13.9 Å². The first-order valence-corrected chi connectivity index (χ1v) is 15.7. The van der Waals surface area contributed by atoms with Gasteiger partial charge in [-0.2, -0.15) is 0 Å². The number of rotatable bonds is 12. The van der Waals surface area contributed by atoms with E-state index in [9.17, 15) is 22.4 Å². The molecule has 12 heteroatoms. The molecular weight excluding hydrogens is 612 g/mol. The van der Waals surface area contributed by atoms with E-state index < -0.39 is 40.2 Å². The number of hydrogen-bond donors (Lipinski definition) is 1. The van der Waals surface area contributed by atoms with E-state index in [1.807, 2.05) is 44.2 Å². The van der Waals surface area contributed by atoms with E-state index in [1.54, 1.807) is 12.1 Å². The van der Waals surface area contributed by atoms with Crippen molar-refractivity contribution in [3.63, 3.8) is 0 Å². The summed E-state index contributed by atoms with van der Waals surface area (Å²) in [7, 11) is -4.03. The van der Waals surface area contributed by atoms with Crippen LogP contribution in [0.25, 0.3) is 0 Å². The summed E-state index contributed by atoms with van der Waals surface area (Å²) in [6.45, 7) is 3.48. The number of sulfonamides is 1. The molecule has 2 amide bonds. The maximum atomic E-state index is 14.0. The minimum Gasteiger partial charge on any atom is -0.354 e. The zero-order valence-corrected chi connectivity index (χ0v) is 25.9. The number of nitrogens with zero attached hydrogens (tertiary/aromatic N) is 2. The van der Waals surface area contributed by atoms with Crippen molar-refractivity contribution >= 4 is 62.3 Å². The average molecular weight is 643 g/mol. The third kappa shape index (κ3) is 9.33. The summed E-state index contributed by atoms with van der Waals surface area (Å²) in [5.41, 5.74) is 1.30. The van der Waals surface area contributed by atoms with Gasteiger partial charge < -0.3 is 10.2 Å². The van der Waals surface area contributed by atoms with Crippen LogP contribution in [-0.2, 0) is 32.6 Å². The van der Waals surface area contributed by atoms with Crippen molar-refractivity contribution in [1.82, 2.24) is 10.2 Å². The number of amides is 2. The third-order valence-corrected chi connectivity index (χ3v) is 8.20. The highest BCUT2D eigenvalue weighted by atomic mass is 35.5. The highest BCUT2D eigenvalue weighted by Crippen LogP contribution is 2.27. The Labute approximate surface area is 255 Å². The van der Waals surface area contributed by atoms with E-state index in [4.69, 9.17) is 34.8 Å². The second-order valence-electron chi connectivity index (χ2n) is 9.97. The molecule has 1 atom stereocenters. The van der Waals surface area contributed by atoms with Gasteiger partial charge in [0.15, 0.2) is 0 Å². The lowest BCUT2D eigenvalue weighted by atomic mass is 10.0. The molecule has 0 unspecified atom stereocenters. The smallest absolute Gasteiger partial charge is 0.244 e. The fraction of sp³-hybridized carbons (Fsp3) is 0.310. The number of anilines is 1. The van der Waals surface area contributed by atoms with Crippen molar-refractivity contribution in [2.75, 3.05) is 23.7 Å². The van der Waals surface area contributed by atoms with E-state index >= 15 is 0 Å². The number of carbonyl (C=O) groups is 2. The van der Waals surface area contributed by atoms with Crippen LogP contribution in [0.3, 0.4) is 0 Å². The number of halogens is 4. The van der Waals surface area contributed by atoms with E-state index in [2.05, 4.69) is 5.32 Å². The zero-order chi connectivity index (χ0) is 30.3. The summed E-state index contributed by atoms with van der Waals surface area (Å²) in [6, 6.07) is 16.3. The Balaban J connectivity index is 2.08. The lowest BCUT2D eigenvalue weighted by molar-refractivity contribution is -0.140. The molecule has 0 saturated carbocycles. The molecule has 3 aromatic rings. The predicted octanol–water partition coefficient (Wildman–Crippen LogP) is 5.96. The molecule has 7 nitrogen and oxygen atoms in total. The van der Waals surface area contributed by atoms with Gasteiger partial charge in [0.2, 0.25) is 21.8 Å². The lowest BCUT2D eigenvalue weighted by Crippen LogP contribution is -2.53. The molecule has 0 aliphatic heterocycles. The summed E-state index contributed by atoms with van der Waals surface area (Å²) in [5.74, 6) is -1.67. The SMILES string of the molecule is CC(C)CNC(=O)[C@H](Cc1ccccc1)N(Cc1ccc(Cl)cc1Cl)C(=O)CN(c1ccc(F)c(Cl)c1)S(C)(=O)=O. The minimum atomic E-state index is -4.03. The molecule has 0 aromatic heterocycles. The maximum Gasteiger partial charge on any atom is 0.244 e. The molecule has 0 saturated heterocycles. The van der Waals surface area contributed by atoms with Crippen molar-refractivity contribution in [3.8, 4) is 0 Å². The van der Waals surface area contributed by atoms with Crippen LogP contribution in [0.15, 0.2) is 66.7 Å². The molecule has 3 rings (SSSR count). The Morgan fingerprint density at radius 2 is 1.63 bits per heavy atom. The van der Waals surface area contributed by atoms with Gasteiger partial charge in [0.25, 0.3) is 0 Å². The largest absolute Gasteiger partial charge is 0.354 e. The van der Waals surface area contributed by atoms with Gasteiger partial charge in [-0.25, -0.2) is 12.8 Å². The van der Waals surface area contributed by atoms with Crippen molar-refractivity contribution in [3.05, 3.63) is 98.7 Å². The second kappa shape index (κ2) is 14.4. The van der Waals surface area contributed by atoms with Crippen LogP contribution >= 0.6 is 34.8 Å². The molecule has 0 aliphatic rings. The van der Waals surface area contributed by atoms with Crippen molar-refractivity contribution < 1.29 is 22.4 Å². The van der Waals surface area contributed by atoms with Crippen LogP contribution in [0.1, 0.15) is 25.0 Å². The van der Waals surface area contributed by atoms with Crippen molar-refractivity contribution in [1.29, 1.82) is 0 Å². The third-order valence-electron chi connectivity index (χ3n) is 6.18. The average Bonchev–Trinajstić information content (AvgIpc) is 2.90. The Morgan fingerprint density at radius 3 is 2.22 bits per heavy atom. The quantitative estimate of drug-likeness (QED) is 0.264. The van der Waals surface area contributed by atoms with Gasteiger partial charge in [0.1, 0.15) is 18.4 Å². The summed E-state index contributed by atoms with van der Waals surface area (Å²) in [5, 5.41) is 3.27. The zero-order valence-electron chi connectivity index (χ0n) is 22.8. The second-order valence-corrected chi connectivity index (χ2v) is 13.1. The van der Waals surface area contributed by atoms with E-state index in [0.717, 1.165) is 28.3 Å². The molecule has 1 N–H and O–H groups in total. The topological polar surface area (TPSA) is 86.8 Å². The molecular formula is C29H31Cl3FN3O4S. The van der Waals surface area contributed by atoms with Gasteiger partial charge >= 0.3 is 0 Å². The van der Waals surface area contributed by atoms with Gasteiger partial charge in [-0.05, 0) is 47.4 Å². The molecule has 3 aromatic carbocycles. The fourth-order valence-electron chi connectivity index (χ4n) is 4.06. The minimum absolute atomic E-state index is 0.000550. The predicted molar refractivity (Wildman–Crippen MR) is 162 cm³/mol. The summed E-state index contributed by atoms with van der Waals surface area (Å²) in [6.07, 6.45) is 1.08. The number of hydrogen-bond acceptors (Lipinski definition) is 4. The van der Waals surface area contributed by atoms with E-state index in [0.29, 0.717) is 17.1 Å². The van der Waals surface area contributed by atoms with E-state index in [1.165, 1.54) is 17.0 Å². The molecule has 0 bridgehead atoms. The molecule has 0 aliphatic carbocycles. The number of carbonyl (C=O) groups excluding carboxylic acids is 2. The number of nitrogens with one attached hydrogen (secondary N) is 1. The molecule has 0 fully saturated rings. The number of benzene rings is 3. The van der Waals surface area contributed by atoms with Gasteiger partial charge in [-0.1, -0.05) is 85.0 Å². The van der Waals surface area contributed by atoms with Crippen LogP contribution in [0, 0.1) is 11.7 Å². The normalized spacial score (nSPS) is 12.2. The highest BCUT2D eigenvalue weighted by Gasteiger charge is 2.33. The lowest BCUT2D eigenvalue weighted by Gasteiger charge is -2.34. The van der Waals surface area contributed by atoms with Crippen LogP contribution in [0.2, 0.25) is 15.1 Å². The fourth-order valence-corrected chi connectivity index (χ4v) is 5.55. The Bertz CT molecular complexity index is 1490. The first-order valence-electron chi connectivity index (χ1n) is 12.7. The van der Waals surface area contributed by atoms with Crippen molar-refractivity contribution in [2.24, 2.45) is 5.92 Å². The molecule has 0 heterocycles. The van der Waals surface area contributed by atoms with Crippen LogP contribution in [0.5, 0.6) is 0 Å². The molecule has 41 heavy (non-hydrogen) atoms. The standard InChI is InChI=1S/C29H31Cl3FN3O4S/c1-19(2)16-34-29(38)27(13-20-7-5-4-6-8-20)35(17-21-9-10-22(30)14-24(21)31)28(37)18-36(41(3,39)40)23-11-12-26(33)25(32)15-23/h4-12,14-15,19,27H,13,16-18H2,1-3H3,(H,34,38)/t27-/m0/s1. The molecule has 220 valence electrons. The Hall–Kier alpha value is -2.85. The monoisotopic (exact) mass is 641 g/mol. The van der Waals surface area contributed by atoms with Crippen molar-refractivity contribution in [2.45, 2.75) is 32.9 Å².